The highest BCUT2D eigenvalue weighted by Crippen LogP contribution is 2.43. The average molecular weight is 335 g/mol. The highest BCUT2D eigenvalue weighted by atomic mass is 79.9. The molecule has 0 saturated carbocycles. The van der Waals surface area contributed by atoms with Crippen molar-refractivity contribution in [2.45, 2.75) is 3.23 Å². The molecule has 0 unspecified atom stereocenters. The minimum absolute atomic E-state index is 0.155. The number of allylic oxidation sites excluding steroid dienone is 4. The molecule has 1 aliphatic rings. The number of aliphatic hydroxyl groups is 1. The minimum atomic E-state index is -0.669. The molecule has 5 heteroatoms. The average Bonchev–Trinajstić information content (AvgIpc) is 1.82. The van der Waals surface area contributed by atoms with Gasteiger partial charge in [0.25, 0.3) is 0 Å². The lowest BCUT2D eigenvalue weighted by Gasteiger charge is -2.21. The van der Waals surface area contributed by atoms with E-state index in [1.165, 1.54) is 6.08 Å². The quantitative estimate of drug-likeness (QED) is 0.659. The number of hydrogen-bond acceptors (Lipinski definition) is 1. The summed E-state index contributed by atoms with van der Waals surface area (Å²) in [7, 11) is 0. The first kappa shape index (κ1) is 10.6. The van der Waals surface area contributed by atoms with Crippen molar-refractivity contribution >= 4 is 55.1 Å². The molecule has 0 aliphatic heterocycles. The third-order valence-corrected chi connectivity index (χ3v) is 3.03. The summed E-state index contributed by atoms with van der Waals surface area (Å²) in [5.41, 5.74) is 0.656. The van der Waals surface area contributed by atoms with Crippen molar-refractivity contribution in [1.82, 2.24) is 0 Å². The van der Waals surface area contributed by atoms with Gasteiger partial charge in [-0.1, -0.05) is 61.1 Å². The Kier molecular flexibility index (Phi) is 3.32. The van der Waals surface area contributed by atoms with Crippen LogP contribution in [-0.4, -0.2) is 8.34 Å². The standard InChI is InChI=1S/C7H4Br2Cl2O/c8-7(9)3-4(12)1-2-5(7)6(10)11/h1-3,12H. The van der Waals surface area contributed by atoms with Crippen LogP contribution in [0.15, 0.2) is 34.1 Å². The van der Waals surface area contributed by atoms with E-state index in [-0.39, 0.29) is 10.3 Å². The number of hydrogen-bond donors (Lipinski definition) is 1. The second-order valence-corrected chi connectivity index (χ2v) is 6.71. The van der Waals surface area contributed by atoms with Crippen LogP contribution in [0, 0.1) is 0 Å². The maximum Gasteiger partial charge on any atom is 0.129 e. The molecular formula is C7H4Br2Cl2O. The number of halogens is 4. The van der Waals surface area contributed by atoms with Gasteiger partial charge in [-0.15, -0.1) is 0 Å². The number of aliphatic hydroxyl groups excluding tert-OH is 1. The lowest BCUT2D eigenvalue weighted by Crippen LogP contribution is -2.14. The van der Waals surface area contributed by atoms with Crippen molar-refractivity contribution in [3.8, 4) is 0 Å². The van der Waals surface area contributed by atoms with E-state index >= 15 is 0 Å². The smallest absolute Gasteiger partial charge is 0.129 e. The van der Waals surface area contributed by atoms with Crippen LogP contribution in [0.4, 0.5) is 0 Å². The molecule has 0 aromatic carbocycles. The van der Waals surface area contributed by atoms with Crippen molar-refractivity contribution in [2.75, 3.05) is 0 Å². The fourth-order valence-corrected chi connectivity index (χ4v) is 2.79. The maximum atomic E-state index is 9.15. The summed E-state index contributed by atoms with van der Waals surface area (Å²) >= 11 is 17.8. The Hall–Kier alpha value is 0.560. The van der Waals surface area contributed by atoms with E-state index in [1.807, 2.05) is 0 Å². The van der Waals surface area contributed by atoms with Crippen LogP contribution >= 0.6 is 55.1 Å². The van der Waals surface area contributed by atoms with E-state index < -0.39 is 3.23 Å². The number of alkyl halides is 2. The Labute approximate surface area is 97.0 Å². The Balaban J connectivity index is 3.14. The molecule has 12 heavy (non-hydrogen) atoms. The molecule has 0 amide bonds. The normalized spacial score (nSPS) is 20.7. The molecule has 0 radical (unpaired) electrons. The highest BCUT2D eigenvalue weighted by molar-refractivity contribution is 9.25. The van der Waals surface area contributed by atoms with Crippen LogP contribution < -0.4 is 0 Å². The van der Waals surface area contributed by atoms with Gasteiger partial charge < -0.3 is 5.11 Å². The molecule has 0 aromatic rings. The molecule has 0 aromatic heterocycles. The van der Waals surface area contributed by atoms with Gasteiger partial charge in [0, 0.05) is 5.57 Å². The predicted octanol–water partition coefficient (Wildman–Crippen LogP) is 4.17. The first-order valence-electron chi connectivity index (χ1n) is 2.97. The molecule has 1 N–H and O–H groups in total. The molecule has 1 nitrogen and oxygen atoms in total. The van der Waals surface area contributed by atoms with Crippen LogP contribution in [0.2, 0.25) is 0 Å². The zero-order valence-electron chi connectivity index (χ0n) is 5.69. The molecule has 0 atom stereocenters. The Morgan fingerprint density at radius 3 is 2.33 bits per heavy atom. The van der Waals surface area contributed by atoms with Crippen molar-refractivity contribution in [3.63, 3.8) is 0 Å². The third kappa shape index (κ3) is 2.28. The van der Waals surface area contributed by atoms with Gasteiger partial charge in [0.05, 0.1) is 0 Å². The van der Waals surface area contributed by atoms with Crippen LogP contribution in [0.3, 0.4) is 0 Å². The Morgan fingerprint density at radius 1 is 1.33 bits per heavy atom. The van der Waals surface area contributed by atoms with Crippen molar-refractivity contribution in [1.29, 1.82) is 0 Å². The summed E-state index contributed by atoms with van der Waals surface area (Å²) in [5.74, 6) is 0.155. The van der Waals surface area contributed by atoms with Gasteiger partial charge in [0.2, 0.25) is 0 Å². The van der Waals surface area contributed by atoms with Gasteiger partial charge in [-0.25, -0.2) is 0 Å². The lowest BCUT2D eigenvalue weighted by molar-refractivity contribution is 0.429. The van der Waals surface area contributed by atoms with Crippen molar-refractivity contribution in [2.24, 2.45) is 0 Å². The van der Waals surface area contributed by atoms with E-state index in [0.29, 0.717) is 5.57 Å². The van der Waals surface area contributed by atoms with Gasteiger partial charge in [-0.2, -0.15) is 0 Å². The van der Waals surface area contributed by atoms with Gasteiger partial charge in [0.1, 0.15) is 13.5 Å². The Bertz CT molecular complexity index is 288. The summed E-state index contributed by atoms with van der Waals surface area (Å²) in [4.78, 5) is 0. The van der Waals surface area contributed by atoms with Crippen LogP contribution in [0.25, 0.3) is 0 Å². The summed E-state index contributed by atoms with van der Waals surface area (Å²) < 4.78 is -0.513. The second-order valence-electron chi connectivity index (χ2n) is 2.20. The molecule has 0 fully saturated rings. The van der Waals surface area contributed by atoms with E-state index in [1.54, 1.807) is 12.2 Å². The van der Waals surface area contributed by atoms with Crippen LogP contribution in [-0.2, 0) is 0 Å². The molecule has 0 spiro atoms. The summed E-state index contributed by atoms with van der Waals surface area (Å²) in [6.45, 7) is 0. The third-order valence-electron chi connectivity index (χ3n) is 1.31. The SMILES string of the molecule is OC1=CC(Br)(Br)C(=C(Cl)Cl)C=C1. The minimum Gasteiger partial charge on any atom is -0.508 e. The first-order chi connectivity index (χ1) is 5.43. The topological polar surface area (TPSA) is 20.2 Å². The maximum absolute atomic E-state index is 9.15. The van der Waals surface area contributed by atoms with Crippen molar-refractivity contribution < 1.29 is 5.11 Å². The van der Waals surface area contributed by atoms with E-state index in [9.17, 15) is 0 Å². The van der Waals surface area contributed by atoms with E-state index in [2.05, 4.69) is 31.9 Å². The van der Waals surface area contributed by atoms with Gasteiger partial charge >= 0.3 is 0 Å². The largest absolute Gasteiger partial charge is 0.508 e. The van der Waals surface area contributed by atoms with Gasteiger partial charge in [0.15, 0.2) is 0 Å². The zero-order valence-corrected chi connectivity index (χ0v) is 10.4. The van der Waals surface area contributed by atoms with E-state index in [0.717, 1.165) is 0 Å². The zero-order chi connectivity index (χ0) is 9.35. The molecule has 1 rings (SSSR count). The predicted molar refractivity (Wildman–Crippen MR) is 59.2 cm³/mol. The number of rotatable bonds is 0. The molecule has 0 bridgehead atoms. The summed E-state index contributed by atoms with van der Waals surface area (Å²) in [6, 6.07) is 0. The summed E-state index contributed by atoms with van der Waals surface area (Å²) in [5, 5.41) is 9.15. The second kappa shape index (κ2) is 3.74. The fourth-order valence-electron chi connectivity index (χ4n) is 0.780. The highest BCUT2D eigenvalue weighted by Gasteiger charge is 2.29. The molecule has 66 valence electrons. The van der Waals surface area contributed by atoms with Gasteiger partial charge in [-0.3, -0.25) is 0 Å². The molecule has 1 aliphatic carbocycles. The van der Waals surface area contributed by atoms with Crippen molar-refractivity contribution in [3.05, 3.63) is 34.1 Å². The lowest BCUT2D eigenvalue weighted by atomic mass is 10.1. The molecular weight excluding hydrogens is 331 g/mol. The summed E-state index contributed by atoms with van der Waals surface area (Å²) in [6.07, 6.45) is 4.70. The Morgan fingerprint density at radius 2 is 1.92 bits per heavy atom. The molecule has 0 heterocycles. The monoisotopic (exact) mass is 332 g/mol. The van der Waals surface area contributed by atoms with Crippen LogP contribution in [0.1, 0.15) is 0 Å². The fraction of sp³-hybridized carbons (Fsp3) is 0.143. The molecule has 0 saturated heterocycles. The van der Waals surface area contributed by atoms with Gasteiger partial charge in [-0.05, 0) is 12.2 Å². The van der Waals surface area contributed by atoms with Crippen LogP contribution in [0.5, 0.6) is 0 Å². The van der Waals surface area contributed by atoms with E-state index in [4.69, 9.17) is 28.3 Å². The first-order valence-corrected chi connectivity index (χ1v) is 5.31.